The molecular weight excluding hydrogens is 761 g/mol. The molecular formula is C42H70O14S. The van der Waals surface area contributed by atoms with Crippen LogP contribution in [0.2, 0.25) is 0 Å². The molecule has 0 heterocycles. The molecule has 0 aliphatic rings. The second-order valence-corrected chi connectivity index (χ2v) is 14.3. The lowest BCUT2D eigenvalue weighted by molar-refractivity contribution is -0.0269. The van der Waals surface area contributed by atoms with Crippen molar-refractivity contribution < 1.29 is 64.7 Å². The largest absolute Gasteiger partial charge is 0.491 e. The highest BCUT2D eigenvalue weighted by Crippen LogP contribution is 2.15. The monoisotopic (exact) mass is 830 g/mol. The van der Waals surface area contributed by atoms with Gasteiger partial charge in [0.15, 0.2) is 0 Å². The first kappa shape index (κ1) is 50.9. The van der Waals surface area contributed by atoms with E-state index in [1.807, 2.05) is 12.1 Å². The van der Waals surface area contributed by atoms with Crippen LogP contribution in [0.1, 0.15) is 51.0 Å². The summed E-state index contributed by atoms with van der Waals surface area (Å²) in [4.78, 5) is 0.120. The quantitative estimate of drug-likeness (QED) is 0.0609. The third-order valence-electron chi connectivity index (χ3n) is 8.08. The van der Waals surface area contributed by atoms with Crippen molar-refractivity contribution in [3.05, 3.63) is 60.2 Å². The minimum absolute atomic E-state index is 0.0594. The molecule has 15 heteroatoms. The minimum atomic E-state index is -3.76. The van der Waals surface area contributed by atoms with Gasteiger partial charge in [0.05, 0.1) is 144 Å². The normalized spacial score (nSPS) is 11.7. The van der Waals surface area contributed by atoms with E-state index in [9.17, 15) is 8.42 Å². The Morgan fingerprint density at radius 3 is 1.14 bits per heavy atom. The van der Waals surface area contributed by atoms with E-state index in [2.05, 4.69) is 19.1 Å². The van der Waals surface area contributed by atoms with E-state index >= 15 is 0 Å². The first-order valence-corrected chi connectivity index (χ1v) is 22.0. The van der Waals surface area contributed by atoms with E-state index in [0.717, 1.165) is 12.2 Å². The Labute approximate surface area is 342 Å². The Hall–Kier alpha value is -2.25. The highest BCUT2D eigenvalue weighted by molar-refractivity contribution is 7.86. The smallest absolute Gasteiger partial charge is 0.297 e. The number of rotatable bonds is 43. The predicted molar refractivity (Wildman–Crippen MR) is 217 cm³/mol. The number of aryl methyl sites for hydroxylation is 1. The second kappa shape index (κ2) is 38.0. The van der Waals surface area contributed by atoms with E-state index < -0.39 is 10.1 Å². The summed E-state index contributed by atoms with van der Waals surface area (Å²) in [5.74, 6) is 0.878. The van der Waals surface area contributed by atoms with Crippen LogP contribution in [-0.4, -0.2) is 154 Å². The van der Waals surface area contributed by atoms with Crippen molar-refractivity contribution >= 4 is 10.1 Å². The molecule has 0 bridgehead atoms. The minimum Gasteiger partial charge on any atom is -0.491 e. The standard InChI is InChI=1S/C42H70O14S/c1-2-3-4-5-6-8-11-40-14-16-41(17-15-40)55-38-36-53-34-32-51-30-28-49-26-24-47-22-20-45-18-19-46-21-23-48-25-27-50-29-31-52-33-35-54-37-39-56-57(43,44)42-12-9-7-10-13-42/h7,9-10,12-17H,2-6,8,11,18-39H2,1H3. The summed E-state index contributed by atoms with van der Waals surface area (Å²) in [5, 5.41) is 0. The Kier molecular flexibility index (Phi) is 33.9. The Balaban J connectivity index is 1.18. The first-order valence-electron chi connectivity index (χ1n) is 20.6. The third-order valence-corrected chi connectivity index (χ3v) is 9.41. The maximum atomic E-state index is 12.0. The van der Waals surface area contributed by atoms with Crippen molar-refractivity contribution in [1.29, 1.82) is 0 Å². The molecule has 0 amide bonds. The number of ether oxygens (including phenoxy) is 11. The molecule has 328 valence electrons. The average molecular weight is 831 g/mol. The lowest BCUT2D eigenvalue weighted by atomic mass is 10.0. The number of unbranched alkanes of at least 4 members (excludes halogenated alkanes) is 5. The van der Waals surface area contributed by atoms with Gasteiger partial charge in [-0.2, -0.15) is 8.42 Å². The molecule has 2 aromatic carbocycles. The molecule has 0 aliphatic heterocycles. The third kappa shape index (κ3) is 31.4. The summed E-state index contributed by atoms with van der Waals surface area (Å²) in [5.41, 5.74) is 1.37. The lowest BCUT2D eigenvalue weighted by Crippen LogP contribution is -2.16. The van der Waals surface area contributed by atoms with Crippen molar-refractivity contribution in [3.8, 4) is 5.75 Å². The Morgan fingerprint density at radius 2 is 0.737 bits per heavy atom. The maximum Gasteiger partial charge on any atom is 0.297 e. The zero-order valence-electron chi connectivity index (χ0n) is 34.3. The molecule has 0 atom stereocenters. The lowest BCUT2D eigenvalue weighted by Gasteiger charge is -2.09. The van der Waals surface area contributed by atoms with Crippen molar-refractivity contribution in [1.82, 2.24) is 0 Å². The topological polar surface area (TPSA) is 145 Å². The summed E-state index contributed by atoms with van der Waals surface area (Å²) < 4.78 is 89.6. The van der Waals surface area contributed by atoms with Gasteiger partial charge in [0.1, 0.15) is 12.4 Å². The van der Waals surface area contributed by atoms with Gasteiger partial charge in [-0.3, -0.25) is 4.18 Å². The fraction of sp³-hybridized carbons (Fsp3) is 0.714. The van der Waals surface area contributed by atoms with Crippen LogP contribution in [0.25, 0.3) is 0 Å². The van der Waals surface area contributed by atoms with E-state index in [0.29, 0.717) is 132 Å². The van der Waals surface area contributed by atoms with Crippen LogP contribution in [0, 0.1) is 0 Å². The number of benzene rings is 2. The molecule has 0 spiro atoms. The number of hydrogen-bond donors (Lipinski definition) is 0. The van der Waals surface area contributed by atoms with Gasteiger partial charge in [-0.25, -0.2) is 0 Å². The van der Waals surface area contributed by atoms with E-state index in [-0.39, 0.29) is 18.1 Å². The van der Waals surface area contributed by atoms with Crippen molar-refractivity contribution in [2.24, 2.45) is 0 Å². The molecule has 0 N–H and O–H groups in total. The molecule has 2 rings (SSSR count). The van der Waals surface area contributed by atoms with Crippen molar-refractivity contribution in [2.45, 2.75) is 56.8 Å². The molecule has 0 saturated heterocycles. The zero-order valence-corrected chi connectivity index (χ0v) is 35.1. The van der Waals surface area contributed by atoms with E-state index in [4.69, 9.17) is 56.3 Å². The predicted octanol–water partition coefficient (Wildman–Crippen LogP) is 5.54. The Bertz CT molecular complexity index is 1240. The first-order chi connectivity index (χ1) is 28.1. The van der Waals surface area contributed by atoms with Crippen molar-refractivity contribution in [2.75, 3.05) is 145 Å². The Morgan fingerprint density at radius 1 is 0.386 bits per heavy atom. The molecule has 14 nitrogen and oxygen atoms in total. The summed E-state index contributed by atoms with van der Waals surface area (Å²) >= 11 is 0. The summed E-state index contributed by atoms with van der Waals surface area (Å²) in [7, 11) is -3.76. The van der Waals surface area contributed by atoms with Crippen LogP contribution in [-0.2, 0) is 68.1 Å². The molecule has 0 aliphatic carbocycles. The fourth-order valence-corrected chi connectivity index (χ4v) is 5.93. The summed E-state index contributed by atoms with van der Waals surface area (Å²) in [6.07, 6.45) is 9.05. The van der Waals surface area contributed by atoms with Gasteiger partial charge < -0.3 is 52.1 Å². The van der Waals surface area contributed by atoms with Gasteiger partial charge in [0.25, 0.3) is 10.1 Å². The summed E-state index contributed by atoms with van der Waals surface area (Å²) in [6, 6.07) is 16.4. The van der Waals surface area contributed by atoms with Gasteiger partial charge in [0, 0.05) is 0 Å². The molecule has 2 aromatic rings. The van der Waals surface area contributed by atoms with Crippen LogP contribution in [0.3, 0.4) is 0 Å². The van der Waals surface area contributed by atoms with E-state index in [1.54, 1.807) is 18.2 Å². The molecule has 0 saturated carbocycles. The second-order valence-electron chi connectivity index (χ2n) is 12.7. The van der Waals surface area contributed by atoms with Crippen LogP contribution < -0.4 is 4.74 Å². The van der Waals surface area contributed by atoms with Crippen LogP contribution in [0.5, 0.6) is 5.75 Å². The fourth-order valence-electron chi connectivity index (χ4n) is 5.02. The molecule has 0 fully saturated rings. The molecule has 0 unspecified atom stereocenters. The van der Waals surface area contributed by atoms with Crippen LogP contribution in [0.4, 0.5) is 0 Å². The van der Waals surface area contributed by atoms with Crippen LogP contribution in [0.15, 0.2) is 59.5 Å². The average Bonchev–Trinajstić information content (AvgIpc) is 3.23. The van der Waals surface area contributed by atoms with E-state index in [1.165, 1.54) is 56.2 Å². The van der Waals surface area contributed by atoms with Gasteiger partial charge in [-0.1, -0.05) is 69.4 Å². The SMILES string of the molecule is CCCCCCCCc1ccc(OCCOCCOCCOCCOCCOCCOCCOCCOCCOCCOCCOS(=O)(=O)c2ccccc2)cc1. The summed E-state index contributed by atoms with van der Waals surface area (Å²) in [6.45, 7) is 11.8. The maximum absolute atomic E-state index is 12.0. The van der Waals surface area contributed by atoms with Gasteiger partial charge in [0.2, 0.25) is 0 Å². The van der Waals surface area contributed by atoms with Gasteiger partial charge in [-0.05, 0) is 42.7 Å². The molecule has 57 heavy (non-hydrogen) atoms. The molecule has 0 aromatic heterocycles. The molecule has 0 radical (unpaired) electrons. The van der Waals surface area contributed by atoms with Crippen LogP contribution >= 0.6 is 0 Å². The van der Waals surface area contributed by atoms with Crippen molar-refractivity contribution in [3.63, 3.8) is 0 Å². The highest BCUT2D eigenvalue weighted by atomic mass is 32.2. The van der Waals surface area contributed by atoms with Gasteiger partial charge in [-0.15, -0.1) is 0 Å². The number of hydrogen-bond acceptors (Lipinski definition) is 14. The highest BCUT2D eigenvalue weighted by Gasteiger charge is 2.13. The zero-order chi connectivity index (χ0) is 40.6. The van der Waals surface area contributed by atoms with Gasteiger partial charge >= 0.3 is 0 Å².